The number of benzene rings is 2. The smallest absolute Gasteiger partial charge is 0.317 e. The Kier molecular flexibility index (Phi) is 5.27. The zero-order chi connectivity index (χ0) is 24.2. The van der Waals surface area contributed by atoms with Crippen molar-refractivity contribution in [3.8, 4) is 17.2 Å². The summed E-state index contributed by atoms with van der Waals surface area (Å²) in [5, 5.41) is 3.00. The number of carbonyl (C=O) groups is 2. The van der Waals surface area contributed by atoms with Crippen molar-refractivity contribution in [2.75, 3.05) is 31.3 Å². The van der Waals surface area contributed by atoms with Crippen LogP contribution in [0.4, 0.5) is 10.5 Å². The quantitative estimate of drug-likeness (QED) is 0.724. The second kappa shape index (κ2) is 8.36. The number of anilines is 1. The highest BCUT2D eigenvalue weighted by Gasteiger charge is 2.57. The van der Waals surface area contributed by atoms with Crippen molar-refractivity contribution in [2.45, 2.75) is 51.2 Å². The number of likely N-dealkylation sites (tertiary alicyclic amines) is 1. The summed E-state index contributed by atoms with van der Waals surface area (Å²) >= 11 is 0. The van der Waals surface area contributed by atoms with Crippen LogP contribution in [0.3, 0.4) is 0 Å². The maximum atomic E-state index is 14.0. The molecule has 1 fully saturated rings. The predicted octanol–water partition coefficient (Wildman–Crippen LogP) is 3.81. The van der Waals surface area contributed by atoms with Crippen LogP contribution in [0, 0.1) is 5.92 Å². The van der Waals surface area contributed by atoms with Crippen molar-refractivity contribution in [1.29, 1.82) is 0 Å². The zero-order valence-corrected chi connectivity index (χ0v) is 20.2. The van der Waals surface area contributed by atoms with E-state index in [2.05, 4.69) is 5.32 Å². The summed E-state index contributed by atoms with van der Waals surface area (Å²) in [6.07, 6.45) is 3.30. The van der Waals surface area contributed by atoms with Crippen LogP contribution < -0.4 is 24.4 Å². The van der Waals surface area contributed by atoms with E-state index in [4.69, 9.17) is 14.2 Å². The summed E-state index contributed by atoms with van der Waals surface area (Å²) < 4.78 is 17.7. The van der Waals surface area contributed by atoms with Gasteiger partial charge >= 0.3 is 6.03 Å². The molecule has 35 heavy (non-hydrogen) atoms. The Labute approximate surface area is 205 Å². The van der Waals surface area contributed by atoms with Gasteiger partial charge in [0, 0.05) is 43.2 Å². The molecule has 2 aromatic rings. The molecule has 3 amide bonds. The first kappa shape index (κ1) is 22.1. The van der Waals surface area contributed by atoms with Crippen molar-refractivity contribution in [3.05, 3.63) is 47.5 Å². The van der Waals surface area contributed by atoms with Gasteiger partial charge in [0.2, 0.25) is 12.4 Å². The van der Waals surface area contributed by atoms with Crippen LogP contribution in [-0.4, -0.2) is 49.3 Å². The van der Waals surface area contributed by atoms with E-state index in [0.717, 1.165) is 49.2 Å². The van der Waals surface area contributed by atoms with E-state index < -0.39 is 5.60 Å². The number of hydrogen-bond donors (Lipinski definition) is 1. The number of para-hydroxylation sites is 1. The third-order valence-corrected chi connectivity index (χ3v) is 7.51. The zero-order valence-electron chi connectivity index (χ0n) is 20.2. The maximum Gasteiger partial charge on any atom is 0.317 e. The molecule has 2 atom stereocenters. The molecular formula is C27H31N3O5. The Morgan fingerprint density at radius 3 is 2.86 bits per heavy atom. The SMILES string of the molecule is CC(C)NC(=O)N1CCCC(CCN2C(=O)C3(Cc4c(ccc5c4OCO5)O3)c3ccccc32)C1. The van der Waals surface area contributed by atoms with Gasteiger partial charge in [-0.1, -0.05) is 18.2 Å². The highest BCUT2D eigenvalue weighted by Crippen LogP contribution is 2.54. The van der Waals surface area contributed by atoms with E-state index in [-0.39, 0.29) is 24.8 Å². The molecule has 0 aliphatic carbocycles. The summed E-state index contributed by atoms with van der Waals surface area (Å²) in [5.41, 5.74) is 1.62. The van der Waals surface area contributed by atoms with Crippen LogP contribution in [0.2, 0.25) is 0 Å². The molecule has 0 radical (unpaired) electrons. The molecule has 0 aromatic heterocycles. The van der Waals surface area contributed by atoms with E-state index in [1.54, 1.807) is 0 Å². The van der Waals surface area contributed by atoms with Gasteiger partial charge in [-0.25, -0.2) is 4.79 Å². The number of nitrogens with one attached hydrogen (secondary N) is 1. The molecule has 1 N–H and O–H groups in total. The van der Waals surface area contributed by atoms with Crippen LogP contribution in [0.5, 0.6) is 17.2 Å². The van der Waals surface area contributed by atoms with Crippen LogP contribution in [0.25, 0.3) is 0 Å². The molecule has 184 valence electrons. The average molecular weight is 478 g/mol. The van der Waals surface area contributed by atoms with Crippen LogP contribution >= 0.6 is 0 Å². The molecule has 8 heteroatoms. The molecule has 8 nitrogen and oxygen atoms in total. The van der Waals surface area contributed by atoms with Crippen molar-refractivity contribution in [2.24, 2.45) is 5.92 Å². The van der Waals surface area contributed by atoms with Crippen molar-refractivity contribution >= 4 is 17.6 Å². The van der Waals surface area contributed by atoms with Crippen LogP contribution in [0.15, 0.2) is 36.4 Å². The summed E-state index contributed by atoms with van der Waals surface area (Å²) in [4.78, 5) is 30.3. The van der Waals surface area contributed by atoms with E-state index in [0.29, 0.717) is 36.1 Å². The standard InChI is InChI=1S/C27H31N3O5/c1-17(2)28-26(32)29-12-5-6-18(15-29)11-13-30-21-8-4-3-7-20(21)27(25(30)31)14-19-22(35-27)9-10-23-24(19)34-16-33-23/h3-4,7-10,17-18H,5-6,11-16H2,1-2H3,(H,28,32). The lowest BCUT2D eigenvalue weighted by Crippen LogP contribution is -2.48. The van der Waals surface area contributed by atoms with E-state index in [1.807, 2.05) is 60.0 Å². The molecule has 6 rings (SSSR count). The number of hydrogen-bond acceptors (Lipinski definition) is 5. The molecule has 4 aliphatic heterocycles. The number of piperidine rings is 1. The minimum absolute atomic E-state index is 0.00194. The Morgan fingerprint density at radius 1 is 1.17 bits per heavy atom. The number of ether oxygens (including phenoxy) is 3. The van der Waals surface area contributed by atoms with Crippen LogP contribution in [-0.2, 0) is 16.8 Å². The average Bonchev–Trinajstić information content (AvgIpc) is 3.54. The summed E-state index contributed by atoms with van der Waals surface area (Å²) in [6, 6.07) is 11.8. The Hall–Kier alpha value is -3.42. The topological polar surface area (TPSA) is 80.3 Å². The Balaban J connectivity index is 1.21. The number of fused-ring (bicyclic) bond motifs is 5. The molecule has 2 aromatic carbocycles. The number of rotatable bonds is 4. The van der Waals surface area contributed by atoms with Gasteiger partial charge in [-0.2, -0.15) is 0 Å². The first-order valence-electron chi connectivity index (χ1n) is 12.5. The lowest BCUT2D eigenvalue weighted by Gasteiger charge is -2.34. The maximum absolute atomic E-state index is 14.0. The molecule has 2 unspecified atom stereocenters. The van der Waals surface area contributed by atoms with Crippen LogP contribution in [0.1, 0.15) is 44.2 Å². The molecule has 4 aliphatic rings. The van der Waals surface area contributed by atoms with Crippen molar-refractivity contribution in [1.82, 2.24) is 10.2 Å². The molecular weight excluding hydrogens is 446 g/mol. The number of nitrogens with zero attached hydrogens (tertiary/aromatic N) is 2. The molecule has 0 saturated carbocycles. The number of carbonyl (C=O) groups excluding carboxylic acids is 2. The first-order chi connectivity index (χ1) is 17.0. The van der Waals surface area contributed by atoms with Gasteiger partial charge in [0.15, 0.2) is 11.5 Å². The predicted molar refractivity (Wildman–Crippen MR) is 130 cm³/mol. The fourth-order valence-corrected chi connectivity index (χ4v) is 5.87. The third-order valence-electron chi connectivity index (χ3n) is 7.51. The number of urea groups is 1. The summed E-state index contributed by atoms with van der Waals surface area (Å²) in [6.45, 7) is 6.23. The van der Waals surface area contributed by atoms with Gasteiger partial charge in [0.25, 0.3) is 5.91 Å². The van der Waals surface area contributed by atoms with E-state index in [9.17, 15) is 9.59 Å². The van der Waals surface area contributed by atoms with E-state index in [1.165, 1.54) is 0 Å². The van der Waals surface area contributed by atoms with Crippen molar-refractivity contribution in [3.63, 3.8) is 0 Å². The molecule has 1 spiro atoms. The number of amides is 3. The van der Waals surface area contributed by atoms with Crippen molar-refractivity contribution < 1.29 is 23.8 Å². The highest BCUT2D eigenvalue weighted by atomic mass is 16.7. The first-order valence-corrected chi connectivity index (χ1v) is 12.5. The normalized spacial score (nSPS) is 24.1. The minimum atomic E-state index is -1.07. The fraction of sp³-hybridized carbons (Fsp3) is 0.481. The highest BCUT2D eigenvalue weighted by molar-refractivity contribution is 6.08. The van der Waals surface area contributed by atoms with Gasteiger partial charge < -0.3 is 29.3 Å². The summed E-state index contributed by atoms with van der Waals surface area (Å²) in [5.74, 6) is 2.38. The van der Waals surface area contributed by atoms with Gasteiger partial charge in [0.05, 0.1) is 5.69 Å². The molecule has 0 bridgehead atoms. The lowest BCUT2D eigenvalue weighted by molar-refractivity contribution is -0.131. The van der Waals surface area contributed by atoms with Gasteiger partial charge in [-0.05, 0) is 57.2 Å². The van der Waals surface area contributed by atoms with Gasteiger partial charge in [-0.3, -0.25) is 4.79 Å². The second-order valence-electron chi connectivity index (χ2n) is 10.2. The minimum Gasteiger partial charge on any atom is -0.472 e. The molecule has 1 saturated heterocycles. The largest absolute Gasteiger partial charge is 0.472 e. The van der Waals surface area contributed by atoms with E-state index >= 15 is 0 Å². The fourth-order valence-electron chi connectivity index (χ4n) is 5.87. The molecule has 4 heterocycles. The Bertz CT molecular complexity index is 1180. The lowest BCUT2D eigenvalue weighted by atomic mass is 9.90. The summed E-state index contributed by atoms with van der Waals surface area (Å²) in [7, 11) is 0. The second-order valence-corrected chi connectivity index (χ2v) is 10.2. The Morgan fingerprint density at radius 2 is 2.00 bits per heavy atom. The van der Waals surface area contributed by atoms with Gasteiger partial charge in [-0.15, -0.1) is 0 Å². The monoisotopic (exact) mass is 477 g/mol. The third kappa shape index (κ3) is 3.58. The van der Waals surface area contributed by atoms with Gasteiger partial charge in [0.1, 0.15) is 5.75 Å².